The monoisotopic (exact) mass is 193 g/mol. The highest BCUT2D eigenvalue weighted by Crippen LogP contribution is 2.48. The third-order valence-corrected chi connectivity index (χ3v) is 3.04. The maximum Gasteiger partial charge on any atom is 0.0525 e. The lowest BCUT2D eigenvalue weighted by molar-refractivity contribution is 0.559. The van der Waals surface area contributed by atoms with E-state index >= 15 is 0 Å². The molecule has 1 saturated carbocycles. The Morgan fingerprint density at radius 2 is 2.29 bits per heavy atom. The van der Waals surface area contributed by atoms with E-state index in [4.69, 9.17) is 5.73 Å². The van der Waals surface area contributed by atoms with Gasteiger partial charge in [-0.1, -0.05) is 20.8 Å². The number of rotatable bonds is 2. The molecule has 1 aliphatic rings. The minimum Gasteiger partial charge on any atom is -0.330 e. The fourth-order valence-corrected chi connectivity index (χ4v) is 2.07. The van der Waals surface area contributed by atoms with Gasteiger partial charge < -0.3 is 5.73 Å². The second-order valence-corrected chi connectivity index (χ2v) is 5.29. The average Bonchev–Trinajstić information content (AvgIpc) is 2.70. The van der Waals surface area contributed by atoms with E-state index in [1.165, 1.54) is 17.7 Å². The Hall–Kier alpha value is -0.830. The van der Waals surface area contributed by atoms with Crippen LogP contribution < -0.4 is 5.73 Å². The molecule has 0 bridgehead atoms. The van der Waals surface area contributed by atoms with Gasteiger partial charge in [0.25, 0.3) is 0 Å². The van der Waals surface area contributed by atoms with Gasteiger partial charge in [0.05, 0.1) is 6.20 Å². The average molecular weight is 193 g/mol. The summed E-state index contributed by atoms with van der Waals surface area (Å²) >= 11 is 0. The van der Waals surface area contributed by atoms with E-state index in [0.29, 0.717) is 11.8 Å². The summed E-state index contributed by atoms with van der Waals surface area (Å²) in [7, 11) is 0. The van der Waals surface area contributed by atoms with Gasteiger partial charge in [-0.05, 0) is 30.4 Å². The number of aromatic amines is 1. The Morgan fingerprint density at radius 1 is 1.57 bits per heavy atom. The van der Waals surface area contributed by atoms with Crippen LogP contribution in [0.15, 0.2) is 6.20 Å². The molecule has 0 radical (unpaired) electrons. The van der Waals surface area contributed by atoms with Gasteiger partial charge in [0, 0.05) is 11.1 Å². The van der Waals surface area contributed by atoms with Crippen molar-refractivity contribution in [3.05, 3.63) is 17.5 Å². The van der Waals surface area contributed by atoms with Crippen LogP contribution in [0.2, 0.25) is 0 Å². The fraction of sp³-hybridized carbons (Fsp3) is 0.727. The molecule has 2 atom stereocenters. The summed E-state index contributed by atoms with van der Waals surface area (Å²) in [6, 6.07) is 0. The third-order valence-electron chi connectivity index (χ3n) is 3.04. The van der Waals surface area contributed by atoms with Crippen molar-refractivity contribution in [2.24, 2.45) is 11.7 Å². The summed E-state index contributed by atoms with van der Waals surface area (Å²) in [5, 5.41) is 7.27. The summed E-state index contributed by atoms with van der Waals surface area (Å²) in [5.74, 6) is 1.35. The highest BCUT2D eigenvalue weighted by molar-refractivity contribution is 5.32. The van der Waals surface area contributed by atoms with Gasteiger partial charge in [0.15, 0.2) is 0 Å². The van der Waals surface area contributed by atoms with Crippen LogP contribution in [0.5, 0.6) is 0 Å². The van der Waals surface area contributed by atoms with Crippen molar-refractivity contribution >= 4 is 0 Å². The standard InChI is InChI=1S/C11H19N3/c1-11(2,3)10-9(6-13-14-10)8-4-7(8)5-12/h6-8H,4-5,12H2,1-3H3,(H,13,14)/t7-,8+/m0/s1. The molecule has 0 amide bonds. The predicted molar refractivity (Wildman–Crippen MR) is 57.2 cm³/mol. The van der Waals surface area contributed by atoms with E-state index in [0.717, 1.165) is 6.54 Å². The van der Waals surface area contributed by atoms with Crippen molar-refractivity contribution in [1.29, 1.82) is 0 Å². The molecule has 2 rings (SSSR count). The zero-order chi connectivity index (χ0) is 10.3. The minimum atomic E-state index is 0.160. The normalized spacial score (nSPS) is 26.6. The van der Waals surface area contributed by atoms with Crippen LogP contribution in [0.25, 0.3) is 0 Å². The number of nitrogens with one attached hydrogen (secondary N) is 1. The largest absolute Gasteiger partial charge is 0.330 e. The summed E-state index contributed by atoms with van der Waals surface area (Å²) < 4.78 is 0. The summed E-state index contributed by atoms with van der Waals surface area (Å²) in [6.45, 7) is 7.44. The number of aromatic nitrogens is 2. The fourth-order valence-electron chi connectivity index (χ4n) is 2.07. The molecule has 78 valence electrons. The van der Waals surface area contributed by atoms with Gasteiger partial charge in [-0.25, -0.2) is 0 Å². The molecule has 1 heterocycles. The Bertz CT molecular complexity index is 322. The van der Waals surface area contributed by atoms with E-state index in [-0.39, 0.29) is 5.41 Å². The lowest BCUT2D eigenvalue weighted by atomic mass is 9.88. The maximum absolute atomic E-state index is 5.66. The molecule has 1 aromatic rings. The molecular weight excluding hydrogens is 174 g/mol. The first-order valence-electron chi connectivity index (χ1n) is 5.28. The van der Waals surface area contributed by atoms with Gasteiger partial charge >= 0.3 is 0 Å². The Labute approximate surface area is 85.1 Å². The third kappa shape index (κ3) is 1.57. The molecule has 3 nitrogen and oxygen atoms in total. The van der Waals surface area contributed by atoms with Gasteiger partial charge in [0.2, 0.25) is 0 Å². The van der Waals surface area contributed by atoms with E-state index in [9.17, 15) is 0 Å². The van der Waals surface area contributed by atoms with Gasteiger partial charge in [0.1, 0.15) is 0 Å². The Kier molecular flexibility index (Phi) is 2.14. The highest BCUT2D eigenvalue weighted by atomic mass is 15.1. The van der Waals surface area contributed by atoms with Crippen LogP contribution in [0.3, 0.4) is 0 Å². The molecule has 0 aliphatic heterocycles. The lowest BCUT2D eigenvalue weighted by Crippen LogP contribution is -2.14. The zero-order valence-corrected chi connectivity index (χ0v) is 9.17. The minimum absolute atomic E-state index is 0.160. The van der Waals surface area contributed by atoms with Gasteiger partial charge in [-0.3, -0.25) is 5.10 Å². The molecule has 3 heteroatoms. The van der Waals surface area contributed by atoms with Crippen molar-refractivity contribution in [3.8, 4) is 0 Å². The van der Waals surface area contributed by atoms with Crippen molar-refractivity contribution in [2.45, 2.75) is 38.5 Å². The molecule has 14 heavy (non-hydrogen) atoms. The first-order valence-corrected chi connectivity index (χ1v) is 5.28. The molecule has 1 aromatic heterocycles. The van der Waals surface area contributed by atoms with Crippen LogP contribution >= 0.6 is 0 Å². The van der Waals surface area contributed by atoms with Crippen LogP contribution in [-0.4, -0.2) is 16.7 Å². The zero-order valence-electron chi connectivity index (χ0n) is 9.17. The second kappa shape index (κ2) is 3.09. The molecule has 0 unspecified atom stereocenters. The maximum atomic E-state index is 5.66. The van der Waals surface area contributed by atoms with E-state index in [1.54, 1.807) is 0 Å². The van der Waals surface area contributed by atoms with Crippen molar-refractivity contribution in [2.75, 3.05) is 6.54 Å². The van der Waals surface area contributed by atoms with Crippen LogP contribution in [0, 0.1) is 5.92 Å². The lowest BCUT2D eigenvalue weighted by Gasteiger charge is -2.18. The molecule has 0 spiro atoms. The SMILES string of the molecule is CC(C)(C)c1[nH]ncc1[C@@H]1C[C@H]1CN. The van der Waals surface area contributed by atoms with Crippen LogP contribution in [0.4, 0.5) is 0 Å². The van der Waals surface area contributed by atoms with Crippen molar-refractivity contribution in [3.63, 3.8) is 0 Å². The van der Waals surface area contributed by atoms with Crippen LogP contribution in [-0.2, 0) is 5.41 Å². The quantitative estimate of drug-likeness (QED) is 0.752. The summed E-state index contributed by atoms with van der Waals surface area (Å²) in [6.07, 6.45) is 3.21. The van der Waals surface area contributed by atoms with Crippen molar-refractivity contribution < 1.29 is 0 Å². The summed E-state index contributed by atoms with van der Waals surface area (Å²) in [5.41, 5.74) is 8.48. The smallest absolute Gasteiger partial charge is 0.0525 e. The number of hydrogen-bond donors (Lipinski definition) is 2. The summed E-state index contributed by atoms with van der Waals surface area (Å²) in [4.78, 5) is 0. The first kappa shape index (κ1) is 9.71. The van der Waals surface area contributed by atoms with Gasteiger partial charge in [-0.15, -0.1) is 0 Å². The van der Waals surface area contributed by atoms with Crippen LogP contribution in [0.1, 0.15) is 44.4 Å². The number of hydrogen-bond acceptors (Lipinski definition) is 2. The molecular formula is C11H19N3. The number of nitrogens with two attached hydrogens (primary N) is 1. The molecule has 0 aromatic carbocycles. The van der Waals surface area contributed by atoms with Gasteiger partial charge in [-0.2, -0.15) is 5.10 Å². The molecule has 0 saturated heterocycles. The molecule has 1 fully saturated rings. The molecule has 3 N–H and O–H groups in total. The number of H-pyrrole nitrogens is 1. The topological polar surface area (TPSA) is 54.7 Å². The van der Waals surface area contributed by atoms with Crippen molar-refractivity contribution in [1.82, 2.24) is 10.2 Å². The second-order valence-electron chi connectivity index (χ2n) is 5.29. The van der Waals surface area contributed by atoms with E-state index < -0.39 is 0 Å². The van der Waals surface area contributed by atoms with E-state index in [2.05, 4.69) is 31.0 Å². The number of nitrogens with zero attached hydrogens (tertiary/aromatic N) is 1. The predicted octanol–water partition coefficient (Wildman–Crippen LogP) is 1.77. The Morgan fingerprint density at radius 3 is 2.79 bits per heavy atom. The first-order chi connectivity index (χ1) is 6.54. The molecule has 1 aliphatic carbocycles. The Balaban J connectivity index is 2.24. The van der Waals surface area contributed by atoms with E-state index in [1.807, 2.05) is 6.20 Å². The highest BCUT2D eigenvalue weighted by Gasteiger charge is 2.40.